The van der Waals surface area contributed by atoms with Crippen molar-refractivity contribution >= 4 is 34.8 Å². The third kappa shape index (κ3) is 6.00. The lowest BCUT2D eigenvalue weighted by Gasteiger charge is -2.34. The van der Waals surface area contributed by atoms with E-state index in [1.54, 1.807) is 12.1 Å². The van der Waals surface area contributed by atoms with E-state index >= 15 is 0 Å². The number of nitrogens with one attached hydrogen (secondary N) is 1. The molecule has 0 bridgehead atoms. The van der Waals surface area contributed by atoms with E-state index in [1.165, 1.54) is 19.8 Å². The van der Waals surface area contributed by atoms with Crippen molar-refractivity contribution in [1.82, 2.24) is 9.80 Å². The van der Waals surface area contributed by atoms with Gasteiger partial charge in [-0.1, -0.05) is 35.3 Å². The average Bonchev–Trinajstić information content (AvgIpc) is 2.70. The molecule has 0 spiro atoms. The minimum atomic E-state index is -0.101. The number of carbonyl (C=O) groups excluding carboxylic acids is 1. The smallest absolute Gasteiger partial charge is 0.238 e. The number of nitrogens with zero attached hydrogens (tertiary/aromatic N) is 2. The zero-order valence-corrected chi connectivity index (χ0v) is 18.1. The van der Waals surface area contributed by atoms with E-state index in [4.69, 9.17) is 32.7 Å². The van der Waals surface area contributed by atoms with Gasteiger partial charge in [-0.2, -0.15) is 0 Å². The summed E-state index contributed by atoms with van der Waals surface area (Å²) in [5.74, 6) is 0.879. The van der Waals surface area contributed by atoms with Crippen LogP contribution in [0, 0.1) is 0 Å². The van der Waals surface area contributed by atoms with Crippen LogP contribution in [0.25, 0.3) is 0 Å². The molecule has 8 heteroatoms. The number of carbonyl (C=O) groups is 1. The molecule has 2 aromatic carbocycles. The Hall–Kier alpha value is -1.99. The van der Waals surface area contributed by atoms with Crippen LogP contribution in [0.4, 0.5) is 5.69 Å². The van der Waals surface area contributed by atoms with E-state index in [9.17, 15) is 4.79 Å². The molecule has 1 N–H and O–H groups in total. The maximum Gasteiger partial charge on any atom is 0.238 e. The summed E-state index contributed by atoms with van der Waals surface area (Å²) in [5, 5.41) is 4.08. The lowest BCUT2D eigenvalue weighted by Crippen LogP contribution is -2.48. The van der Waals surface area contributed by atoms with Crippen molar-refractivity contribution in [2.45, 2.75) is 6.54 Å². The summed E-state index contributed by atoms with van der Waals surface area (Å²) in [6.45, 7) is 4.64. The van der Waals surface area contributed by atoms with Crippen molar-refractivity contribution in [2.75, 3.05) is 52.3 Å². The Labute approximate surface area is 181 Å². The van der Waals surface area contributed by atoms with E-state index in [0.29, 0.717) is 28.8 Å². The van der Waals surface area contributed by atoms with Gasteiger partial charge in [-0.05, 0) is 17.7 Å². The molecule has 2 aromatic rings. The van der Waals surface area contributed by atoms with Crippen LogP contribution in [0.2, 0.25) is 10.0 Å². The van der Waals surface area contributed by atoms with Gasteiger partial charge >= 0.3 is 0 Å². The first-order valence-electron chi connectivity index (χ1n) is 9.39. The van der Waals surface area contributed by atoms with E-state index in [-0.39, 0.29) is 5.91 Å². The fraction of sp³-hybridized carbons (Fsp3) is 0.381. The van der Waals surface area contributed by atoms with Gasteiger partial charge in [0.05, 0.1) is 31.5 Å². The zero-order chi connectivity index (χ0) is 20.8. The molecular weight excluding hydrogens is 413 g/mol. The number of benzene rings is 2. The second kappa shape index (κ2) is 10.2. The highest BCUT2D eigenvalue weighted by molar-refractivity contribution is 6.32. The first-order valence-corrected chi connectivity index (χ1v) is 10.1. The Morgan fingerprint density at radius 3 is 2.34 bits per heavy atom. The number of anilines is 1. The lowest BCUT2D eigenvalue weighted by molar-refractivity contribution is -0.117. The molecule has 1 aliphatic heterocycles. The quantitative estimate of drug-likeness (QED) is 0.714. The largest absolute Gasteiger partial charge is 0.495 e. The van der Waals surface area contributed by atoms with E-state index < -0.39 is 0 Å². The zero-order valence-electron chi connectivity index (χ0n) is 16.6. The Bertz CT molecular complexity index is 855. The van der Waals surface area contributed by atoms with Gasteiger partial charge in [0.25, 0.3) is 0 Å². The molecule has 6 nitrogen and oxygen atoms in total. The molecule has 0 unspecified atom stereocenters. The fourth-order valence-electron chi connectivity index (χ4n) is 3.35. The topological polar surface area (TPSA) is 54.0 Å². The van der Waals surface area contributed by atoms with Crippen LogP contribution in [-0.2, 0) is 11.3 Å². The van der Waals surface area contributed by atoms with Crippen molar-refractivity contribution < 1.29 is 14.3 Å². The van der Waals surface area contributed by atoms with Crippen LogP contribution in [0.3, 0.4) is 0 Å². The van der Waals surface area contributed by atoms with Gasteiger partial charge in [-0.25, -0.2) is 0 Å². The van der Waals surface area contributed by atoms with Crippen molar-refractivity contribution in [3.63, 3.8) is 0 Å². The van der Waals surface area contributed by atoms with Crippen molar-refractivity contribution in [1.29, 1.82) is 0 Å². The maximum absolute atomic E-state index is 12.5. The number of methoxy groups -OCH3 is 2. The lowest BCUT2D eigenvalue weighted by atomic mass is 10.2. The number of hydrogen-bond donors (Lipinski definition) is 1. The summed E-state index contributed by atoms with van der Waals surface area (Å²) in [6.07, 6.45) is 0. The standard InChI is InChI=1S/C21H25Cl2N3O3/c1-28-19-12-18(20(29-2)11-17(19)23)24-21(27)14-26-8-6-25(7-9-26)13-15-4-3-5-16(22)10-15/h3-5,10-12H,6-9,13-14H2,1-2H3,(H,24,27). The number of rotatable bonds is 7. The molecule has 1 amide bonds. The molecule has 0 atom stereocenters. The minimum Gasteiger partial charge on any atom is -0.495 e. The normalized spacial score (nSPS) is 15.2. The summed E-state index contributed by atoms with van der Waals surface area (Å²) in [4.78, 5) is 17.0. The van der Waals surface area contributed by atoms with Crippen LogP contribution >= 0.6 is 23.2 Å². The van der Waals surface area contributed by atoms with Crippen LogP contribution in [0.1, 0.15) is 5.56 Å². The Morgan fingerprint density at radius 1 is 1.00 bits per heavy atom. The molecule has 0 aromatic heterocycles. The molecule has 1 aliphatic rings. The highest BCUT2D eigenvalue weighted by Gasteiger charge is 2.20. The summed E-state index contributed by atoms with van der Waals surface area (Å²) in [5.41, 5.74) is 1.74. The summed E-state index contributed by atoms with van der Waals surface area (Å²) in [7, 11) is 3.06. The average molecular weight is 438 g/mol. The molecule has 1 heterocycles. The number of ether oxygens (including phenoxy) is 2. The second-order valence-corrected chi connectivity index (χ2v) is 7.76. The van der Waals surface area contributed by atoms with Gasteiger partial charge in [0.15, 0.2) is 0 Å². The van der Waals surface area contributed by atoms with Crippen LogP contribution < -0.4 is 14.8 Å². The molecular formula is C21H25Cl2N3O3. The Kier molecular flexibility index (Phi) is 7.61. The van der Waals surface area contributed by atoms with Crippen molar-refractivity contribution in [3.8, 4) is 11.5 Å². The first kappa shape index (κ1) is 21.7. The third-order valence-electron chi connectivity index (χ3n) is 4.88. The molecule has 3 rings (SSSR count). The highest BCUT2D eigenvalue weighted by Crippen LogP contribution is 2.35. The number of piperazine rings is 1. The predicted molar refractivity (Wildman–Crippen MR) is 116 cm³/mol. The molecule has 156 valence electrons. The minimum absolute atomic E-state index is 0.101. The van der Waals surface area contributed by atoms with Crippen LogP contribution in [-0.4, -0.2) is 62.7 Å². The van der Waals surface area contributed by atoms with Crippen LogP contribution in [0.15, 0.2) is 36.4 Å². The van der Waals surface area contributed by atoms with E-state index in [2.05, 4.69) is 21.2 Å². The van der Waals surface area contributed by atoms with Gasteiger partial charge < -0.3 is 14.8 Å². The van der Waals surface area contributed by atoms with Gasteiger partial charge in [0, 0.05) is 49.9 Å². The summed E-state index contributed by atoms with van der Waals surface area (Å²) in [6, 6.07) is 11.2. The summed E-state index contributed by atoms with van der Waals surface area (Å²) < 4.78 is 10.5. The molecule has 0 saturated carbocycles. The molecule has 1 saturated heterocycles. The van der Waals surface area contributed by atoms with Crippen LogP contribution in [0.5, 0.6) is 11.5 Å². The number of amides is 1. The highest BCUT2D eigenvalue weighted by atomic mass is 35.5. The number of hydrogen-bond acceptors (Lipinski definition) is 5. The molecule has 1 fully saturated rings. The van der Waals surface area contributed by atoms with Gasteiger partial charge in [0.2, 0.25) is 5.91 Å². The monoisotopic (exact) mass is 437 g/mol. The SMILES string of the molecule is COc1cc(NC(=O)CN2CCN(Cc3cccc(Cl)c3)CC2)c(OC)cc1Cl. The molecule has 0 aliphatic carbocycles. The third-order valence-corrected chi connectivity index (χ3v) is 5.41. The second-order valence-electron chi connectivity index (χ2n) is 6.92. The van der Waals surface area contributed by atoms with E-state index in [1.807, 2.05) is 18.2 Å². The number of halogens is 2. The van der Waals surface area contributed by atoms with Gasteiger partial charge in [0.1, 0.15) is 11.5 Å². The fourth-order valence-corrected chi connectivity index (χ4v) is 3.79. The van der Waals surface area contributed by atoms with E-state index in [0.717, 1.165) is 37.7 Å². The Morgan fingerprint density at radius 2 is 1.69 bits per heavy atom. The van der Waals surface area contributed by atoms with Gasteiger partial charge in [-0.15, -0.1) is 0 Å². The Balaban J connectivity index is 1.51. The maximum atomic E-state index is 12.5. The molecule has 0 radical (unpaired) electrons. The molecule has 29 heavy (non-hydrogen) atoms. The summed E-state index contributed by atoms with van der Waals surface area (Å²) >= 11 is 12.2. The van der Waals surface area contributed by atoms with Crippen molar-refractivity contribution in [3.05, 3.63) is 52.0 Å². The van der Waals surface area contributed by atoms with Gasteiger partial charge in [-0.3, -0.25) is 14.6 Å². The first-order chi connectivity index (χ1) is 14.0. The predicted octanol–water partition coefficient (Wildman–Crippen LogP) is 3.77. The van der Waals surface area contributed by atoms with Crippen molar-refractivity contribution in [2.24, 2.45) is 0 Å².